The topological polar surface area (TPSA) is 15.8 Å². The molecule has 0 aromatic carbocycles. The summed E-state index contributed by atoms with van der Waals surface area (Å²) in [6.45, 7) is 8.59. The summed E-state index contributed by atoms with van der Waals surface area (Å²) in [7, 11) is 0. The molecule has 1 rings (SSSR count). The quantitative estimate of drug-likeness (QED) is 0.749. The van der Waals surface area contributed by atoms with Crippen LogP contribution in [-0.4, -0.2) is 4.98 Å². The van der Waals surface area contributed by atoms with Crippen LogP contribution in [0, 0.1) is 6.92 Å². The number of hydrogen-bond acceptors (Lipinski definition) is 0. The summed E-state index contributed by atoms with van der Waals surface area (Å²) in [4.78, 5) is 3.47. The largest absolute Gasteiger partial charge is 0.358 e. The van der Waals surface area contributed by atoms with Gasteiger partial charge >= 0.3 is 0 Å². The van der Waals surface area contributed by atoms with Crippen molar-refractivity contribution in [1.29, 1.82) is 0 Å². The monoisotopic (exact) mass is 203 g/mol. The second kappa shape index (κ2) is 5.59. The molecular formula is C14H21N. The number of nitrogens with one attached hydrogen (secondary N) is 1. The number of aromatic amines is 1. The Kier molecular flexibility index (Phi) is 4.41. The summed E-state index contributed by atoms with van der Waals surface area (Å²) < 4.78 is 0. The third kappa shape index (κ3) is 2.62. The second-order valence-corrected chi connectivity index (χ2v) is 3.72. The van der Waals surface area contributed by atoms with Crippen LogP contribution in [0.2, 0.25) is 0 Å². The van der Waals surface area contributed by atoms with Crippen molar-refractivity contribution < 1.29 is 0 Å². The van der Waals surface area contributed by atoms with Crippen LogP contribution in [0.3, 0.4) is 0 Å². The fraction of sp³-hybridized carbons (Fsp3) is 0.429. The fourth-order valence-electron chi connectivity index (χ4n) is 1.79. The number of allylic oxidation sites excluding steroid dienone is 2. The average molecular weight is 203 g/mol. The van der Waals surface area contributed by atoms with Crippen LogP contribution in [0.25, 0.3) is 12.2 Å². The Morgan fingerprint density at radius 3 is 2.47 bits per heavy atom. The summed E-state index contributed by atoms with van der Waals surface area (Å²) in [5, 5.41) is 0. The van der Waals surface area contributed by atoms with Gasteiger partial charge in [-0.25, -0.2) is 0 Å². The highest BCUT2D eigenvalue weighted by Gasteiger charge is 2.07. The molecule has 82 valence electrons. The van der Waals surface area contributed by atoms with Crippen molar-refractivity contribution in [2.45, 2.75) is 40.5 Å². The Labute approximate surface area is 92.9 Å². The van der Waals surface area contributed by atoms with Gasteiger partial charge in [0, 0.05) is 17.0 Å². The summed E-state index contributed by atoms with van der Waals surface area (Å²) in [6.07, 6.45) is 10.8. The highest BCUT2D eigenvalue weighted by Crippen LogP contribution is 2.21. The summed E-state index contributed by atoms with van der Waals surface area (Å²) >= 11 is 0. The van der Waals surface area contributed by atoms with Gasteiger partial charge in [-0.3, -0.25) is 0 Å². The Balaban J connectivity index is 3.19. The molecule has 0 amide bonds. The Hall–Kier alpha value is -1.24. The fourth-order valence-corrected chi connectivity index (χ4v) is 1.79. The third-order valence-corrected chi connectivity index (χ3v) is 2.64. The molecular weight excluding hydrogens is 182 g/mol. The lowest BCUT2D eigenvalue weighted by Crippen LogP contribution is -1.82. The minimum absolute atomic E-state index is 1.07. The summed E-state index contributed by atoms with van der Waals surface area (Å²) in [5.41, 5.74) is 5.30. The van der Waals surface area contributed by atoms with E-state index in [0.29, 0.717) is 0 Å². The SMILES string of the molecule is C/C=C\c1[nH]c(CC)c(C)c1/C=C\CC. The molecule has 0 atom stereocenters. The molecule has 0 bridgehead atoms. The van der Waals surface area contributed by atoms with Crippen molar-refractivity contribution in [1.82, 2.24) is 4.98 Å². The molecule has 1 heteroatoms. The molecule has 0 saturated carbocycles. The highest BCUT2D eigenvalue weighted by atomic mass is 14.7. The molecule has 0 radical (unpaired) electrons. The Morgan fingerprint density at radius 1 is 1.20 bits per heavy atom. The lowest BCUT2D eigenvalue weighted by atomic mass is 10.1. The van der Waals surface area contributed by atoms with Crippen molar-refractivity contribution in [2.24, 2.45) is 0 Å². The van der Waals surface area contributed by atoms with E-state index in [1.54, 1.807) is 0 Å². The number of aromatic nitrogens is 1. The molecule has 0 spiro atoms. The van der Waals surface area contributed by atoms with Gasteiger partial charge in [0.15, 0.2) is 0 Å². The van der Waals surface area contributed by atoms with Crippen molar-refractivity contribution in [3.05, 3.63) is 34.7 Å². The maximum atomic E-state index is 3.47. The second-order valence-electron chi connectivity index (χ2n) is 3.72. The molecule has 0 unspecified atom stereocenters. The molecule has 1 heterocycles. The minimum Gasteiger partial charge on any atom is -0.358 e. The van der Waals surface area contributed by atoms with E-state index < -0.39 is 0 Å². The van der Waals surface area contributed by atoms with E-state index in [-0.39, 0.29) is 0 Å². The van der Waals surface area contributed by atoms with Gasteiger partial charge in [-0.15, -0.1) is 0 Å². The highest BCUT2D eigenvalue weighted by molar-refractivity contribution is 5.67. The van der Waals surface area contributed by atoms with E-state index in [9.17, 15) is 0 Å². The van der Waals surface area contributed by atoms with Gasteiger partial charge in [0.25, 0.3) is 0 Å². The lowest BCUT2D eigenvalue weighted by molar-refractivity contribution is 1.04. The van der Waals surface area contributed by atoms with Gasteiger partial charge in [-0.2, -0.15) is 0 Å². The van der Waals surface area contributed by atoms with Gasteiger partial charge in [0.05, 0.1) is 0 Å². The maximum Gasteiger partial charge on any atom is 0.0455 e. The van der Waals surface area contributed by atoms with Crippen molar-refractivity contribution in [3.63, 3.8) is 0 Å². The van der Waals surface area contributed by atoms with E-state index in [1.165, 1.54) is 22.5 Å². The predicted octanol–water partition coefficient (Wildman–Crippen LogP) is 4.34. The molecule has 1 aromatic heterocycles. The van der Waals surface area contributed by atoms with Gasteiger partial charge < -0.3 is 4.98 Å². The number of H-pyrrole nitrogens is 1. The zero-order chi connectivity index (χ0) is 11.3. The Morgan fingerprint density at radius 2 is 1.93 bits per heavy atom. The first-order valence-corrected chi connectivity index (χ1v) is 5.75. The molecule has 0 fully saturated rings. The van der Waals surface area contributed by atoms with Crippen LogP contribution < -0.4 is 0 Å². The molecule has 1 nitrogen and oxygen atoms in total. The van der Waals surface area contributed by atoms with E-state index in [4.69, 9.17) is 0 Å². The molecule has 1 aromatic rings. The van der Waals surface area contributed by atoms with Crippen molar-refractivity contribution in [2.75, 3.05) is 0 Å². The zero-order valence-electron chi connectivity index (χ0n) is 10.2. The van der Waals surface area contributed by atoms with Crippen LogP contribution in [-0.2, 0) is 6.42 Å². The third-order valence-electron chi connectivity index (χ3n) is 2.64. The first kappa shape index (κ1) is 11.8. The summed E-state index contributed by atoms with van der Waals surface area (Å²) in [6, 6.07) is 0. The van der Waals surface area contributed by atoms with Crippen LogP contribution in [0.1, 0.15) is 49.7 Å². The number of aryl methyl sites for hydroxylation is 1. The average Bonchev–Trinajstić information content (AvgIpc) is 2.53. The number of hydrogen-bond donors (Lipinski definition) is 1. The van der Waals surface area contributed by atoms with Crippen molar-refractivity contribution in [3.8, 4) is 0 Å². The minimum atomic E-state index is 1.07. The van der Waals surface area contributed by atoms with Crippen LogP contribution in [0.5, 0.6) is 0 Å². The molecule has 0 aliphatic heterocycles. The van der Waals surface area contributed by atoms with Crippen LogP contribution in [0.4, 0.5) is 0 Å². The molecule has 0 aliphatic rings. The smallest absolute Gasteiger partial charge is 0.0455 e. The molecule has 0 saturated heterocycles. The Bertz CT molecular complexity index is 367. The number of rotatable bonds is 4. The van der Waals surface area contributed by atoms with E-state index in [2.05, 4.69) is 57.0 Å². The van der Waals surface area contributed by atoms with Crippen molar-refractivity contribution >= 4 is 12.2 Å². The molecule has 1 N–H and O–H groups in total. The maximum absolute atomic E-state index is 3.47. The first-order chi connectivity index (χ1) is 7.24. The molecule has 15 heavy (non-hydrogen) atoms. The first-order valence-electron chi connectivity index (χ1n) is 5.75. The normalized spacial score (nSPS) is 12.0. The van der Waals surface area contributed by atoms with Crippen LogP contribution in [0.15, 0.2) is 12.2 Å². The van der Waals surface area contributed by atoms with Gasteiger partial charge in [0.2, 0.25) is 0 Å². The zero-order valence-corrected chi connectivity index (χ0v) is 10.2. The van der Waals surface area contributed by atoms with Gasteiger partial charge in [-0.1, -0.05) is 32.1 Å². The molecule has 0 aliphatic carbocycles. The van der Waals surface area contributed by atoms with E-state index in [0.717, 1.165) is 12.8 Å². The standard InChI is InChI=1S/C14H21N/c1-5-8-10-12-11(4)13(7-3)15-14(12)9-6-2/h6,8-10,15H,5,7H2,1-4H3/b9-6-,10-8-. The van der Waals surface area contributed by atoms with Gasteiger partial charge in [0.1, 0.15) is 0 Å². The predicted molar refractivity (Wildman–Crippen MR) is 68.9 cm³/mol. The summed E-state index contributed by atoms with van der Waals surface area (Å²) in [5.74, 6) is 0. The van der Waals surface area contributed by atoms with E-state index >= 15 is 0 Å². The van der Waals surface area contributed by atoms with E-state index in [1.807, 2.05) is 0 Å². The lowest BCUT2D eigenvalue weighted by Gasteiger charge is -1.95. The van der Waals surface area contributed by atoms with Crippen LogP contribution >= 0.6 is 0 Å². The van der Waals surface area contributed by atoms with Gasteiger partial charge in [-0.05, 0) is 38.3 Å².